The summed E-state index contributed by atoms with van der Waals surface area (Å²) in [6.07, 6.45) is 1.82. The quantitative estimate of drug-likeness (QED) is 0.860. The van der Waals surface area contributed by atoms with Gasteiger partial charge in [0.1, 0.15) is 0 Å². The van der Waals surface area contributed by atoms with E-state index < -0.39 is 10.0 Å². The molecule has 1 heterocycles. The van der Waals surface area contributed by atoms with Gasteiger partial charge in [-0.15, -0.1) is 0 Å². The van der Waals surface area contributed by atoms with Crippen molar-refractivity contribution in [2.75, 3.05) is 19.8 Å². The van der Waals surface area contributed by atoms with E-state index in [0.29, 0.717) is 23.6 Å². The standard InChI is InChI=1S/C14H18N2O3S/c15-9-12-1-3-14(4-2-12)11-20(17,18)16-7-5-13-6-8-19-10-13/h1-4,13,16H,5-8,10-11H2. The van der Waals surface area contributed by atoms with Crippen LogP contribution < -0.4 is 4.72 Å². The maximum atomic E-state index is 11.9. The molecule has 1 atom stereocenters. The molecule has 20 heavy (non-hydrogen) atoms. The Kier molecular flexibility index (Phi) is 5.12. The van der Waals surface area contributed by atoms with E-state index in [-0.39, 0.29) is 5.75 Å². The van der Waals surface area contributed by atoms with E-state index in [1.165, 1.54) is 0 Å². The molecule has 0 spiro atoms. The molecule has 1 aromatic carbocycles. The first-order chi connectivity index (χ1) is 9.59. The Labute approximate surface area is 119 Å². The molecule has 6 heteroatoms. The second-order valence-electron chi connectivity index (χ2n) is 4.98. The summed E-state index contributed by atoms with van der Waals surface area (Å²) < 4.78 is 31.7. The zero-order valence-electron chi connectivity index (χ0n) is 11.2. The Bertz CT molecular complexity index is 569. The number of hydrogen-bond acceptors (Lipinski definition) is 4. The van der Waals surface area contributed by atoms with Gasteiger partial charge in [0.05, 0.1) is 17.4 Å². The minimum absolute atomic E-state index is 0.0557. The molecule has 0 aliphatic carbocycles. The highest BCUT2D eigenvalue weighted by atomic mass is 32.2. The predicted octanol–water partition coefficient (Wildman–Crippen LogP) is 1.40. The highest BCUT2D eigenvalue weighted by Crippen LogP contribution is 2.15. The topological polar surface area (TPSA) is 79.2 Å². The Balaban J connectivity index is 1.81. The van der Waals surface area contributed by atoms with Crippen LogP contribution in [0.2, 0.25) is 0 Å². The molecule has 108 valence electrons. The Morgan fingerprint density at radius 3 is 2.70 bits per heavy atom. The zero-order chi connectivity index (χ0) is 14.4. The molecule has 1 unspecified atom stereocenters. The van der Waals surface area contributed by atoms with Crippen molar-refractivity contribution in [3.63, 3.8) is 0 Å². The van der Waals surface area contributed by atoms with Crippen LogP contribution in [0.4, 0.5) is 0 Å². The molecule has 1 fully saturated rings. The third kappa shape index (κ3) is 4.60. The number of nitrogens with one attached hydrogen (secondary N) is 1. The Hall–Kier alpha value is -1.42. The van der Waals surface area contributed by atoms with Crippen LogP contribution in [-0.2, 0) is 20.5 Å². The van der Waals surface area contributed by atoms with Crippen LogP contribution in [0.15, 0.2) is 24.3 Å². The third-order valence-corrected chi connectivity index (χ3v) is 4.70. The van der Waals surface area contributed by atoms with Crippen LogP contribution in [0, 0.1) is 17.2 Å². The normalized spacial score (nSPS) is 18.9. The van der Waals surface area contributed by atoms with E-state index in [1.54, 1.807) is 24.3 Å². The van der Waals surface area contributed by atoms with Crippen molar-refractivity contribution in [3.8, 4) is 6.07 Å². The third-order valence-electron chi connectivity index (χ3n) is 3.34. The van der Waals surface area contributed by atoms with Gasteiger partial charge in [-0.25, -0.2) is 13.1 Å². The van der Waals surface area contributed by atoms with Gasteiger partial charge in [-0.3, -0.25) is 0 Å². The molecule has 1 aromatic rings. The summed E-state index contributed by atoms with van der Waals surface area (Å²) in [6, 6.07) is 8.60. The van der Waals surface area contributed by atoms with Gasteiger partial charge in [0, 0.05) is 19.8 Å². The van der Waals surface area contributed by atoms with Gasteiger partial charge in [-0.1, -0.05) is 12.1 Å². The van der Waals surface area contributed by atoms with Gasteiger partial charge in [-0.2, -0.15) is 5.26 Å². The maximum absolute atomic E-state index is 11.9. The molecule has 1 aliphatic rings. The fraction of sp³-hybridized carbons (Fsp3) is 0.500. The fourth-order valence-corrected chi connectivity index (χ4v) is 3.34. The molecule has 0 bridgehead atoms. The number of sulfonamides is 1. The molecule has 0 amide bonds. The minimum Gasteiger partial charge on any atom is -0.381 e. The molecule has 1 saturated heterocycles. The van der Waals surface area contributed by atoms with E-state index in [2.05, 4.69) is 4.72 Å². The second kappa shape index (κ2) is 6.84. The lowest BCUT2D eigenvalue weighted by Gasteiger charge is -2.09. The van der Waals surface area contributed by atoms with Crippen molar-refractivity contribution in [2.24, 2.45) is 5.92 Å². The summed E-state index contributed by atoms with van der Waals surface area (Å²) in [5.41, 5.74) is 1.21. The number of hydrogen-bond donors (Lipinski definition) is 1. The van der Waals surface area contributed by atoms with Crippen molar-refractivity contribution in [3.05, 3.63) is 35.4 Å². The van der Waals surface area contributed by atoms with Gasteiger partial charge < -0.3 is 4.74 Å². The van der Waals surface area contributed by atoms with Gasteiger partial charge >= 0.3 is 0 Å². The maximum Gasteiger partial charge on any atom is 0.215 e. The second-order valence-corrected chi connectivity index (χ2v) is 6.79. The summed E-state index contributed by atoms with van der Waals surface area (Å²) >= 11 is 0. The van der Waals surface area contributed by atoms with Crippen LogP contribution in [0.25, 0.3) is 0 Å². The zero-order valence-corrected chi connectivity index (χ0v) is 12.0. The lowest BCUT2D eigenvalue weighted by atomic mass is 10.1. The average molecular weight is 294 g/mol. The molecule has 2 rings (SSSR count). The smallest absolute Gasteiger partial charge is 0.215 e. The molecule has 1 aliphatic heterocycles. The van der Waals surface area contributed by atoms with E-state index in [0.717, 1.165) is 26.1 Å². The molecule has 0 saturated carbocycles. The molecule has 0 radical (unpaired) electrons. The number of ether oxygens (including phenoxy) is 1. The van der Waals surface area contributed by atoms with Crippen LogP contribution in [0.3, 0.4) is 0 Å². The lowest BCUT2D eigenvalue weighted by Crippen LogP contribution is -2.27. The number of rotatable bonds is 6. The summed E-state index contributed by atoms with van der Waals surface area (Å²) in [5.74, 6) is 0.410. The largest absolute Gasteiger partial charge is 0.381 e. The van der Waals surface area contributed by atoms with Crippen LogP contribution >= 0.6 is 0 Å². The van der Waals surface area contributed by atoms with Gasteiger partial charge in [-0.05, 0) is 36.5 Å². The van der Waals surface area contributed by atoms with Crippen molar-refractivity contribution in [1.82, 2.24) is 4.72 Å². The molecule has 0 aromatic heterocycles. The lowest BCUT2D eigenvalue weighted by molar-refractivity contribution is 0.184. The van der Waals surface area contributed by atoms with Crippen molar-refractivity contribution in [1.29, 1.82) is 5.26 Å². The first-order valence-electron chi connectivity index (χ1n) is 6.63. The summed E-state index contributed by atoms with van der Waals surface area (Å²) in [7, 11) is -3.32. The van der Waals surface area contributed by atoms with Crippen LogP contribution in [0.5, 0.6) is 0 Å². The average Bonchev–Trinajstić information content (AvgIpc) is 2.92. The van der Waals surface area contributed by atoms with E-state index in [9.17, 15) is 8.42 Å². The fourth-order valence-electron chi connectivity index (χ4n) is 2.18. The first-order valence-corrected chi connectivity index (χ1v) is 8.28. The number of benzene rings is 1. The molecular weight excluding hydrogens is 276 g/mol. The van der Waals surface area contributed by atoms with Gasteiger partial charge in [0.25, 0.3) is 0 Å². The Morgan fingerprint density at radius 2 is 2.10 bits per heavy atom. The molecular formula is C14H18N2O3S. The minimum atomic E-state index is -3.32. The van der Waals surface area contributed by atoms with Gasteiger partial charge in [0.2, 0.25) is 10.0 Å². The first kappa shape index (κ1) is 15.0. The highest BCUT2D eigenvalue weighted by molar-refractivity contribution is 7.88. The number of nitriles is 1. The highest BCUT2D eigenvalue weighted by Gasteiger charge is 2.17. The van der Waals surface area contributed by atoms with E-state index in [1.807, 2.05) is 6.07 Å². The summed E-state index contributed by atoms with van der Waals surface area (Å²) in [5, 5.41) is 8.69. The number of nitrogens with zero attached hydrogens (tertiary/aromatic N) is 1. The van der Waals surface area contributed by atoms with Crippen LogP contribution in [-0.4, -0.2) is 28.2 Å². The Morgan fingerprint density at radius 1 is 1.35 bits per heavy atom. The SMILES string of the molecule is N#Cc1ccc(CS(=O)(=O)NCCC2CCOC2)cc1. The van der Waals surface area contributed by atoms with Gasteiger partial charge in [0.15, 0.2) is 0 Å². The summed E-state index contributed by atoms with van der Waals surface area (Å²) in [4.78, 5) is 0. The van der Waals surface area contributed by atoms with E-state index in [4.69, 9.17) is 10.00 Å². The van der Waals surface area contributed by atoms with E-state index >= 15 is 0 Å². The van der Waals surface area contributed by atoms with Crippen molar-refractivity contribution in [2.45, 2.75) is 18.6 Å². The molecule has 5 nitrogen and oxygen atoms in total. The monoisotopic (exact) mass is 294 g/mol. The van der Waals surface area contributed by atoms with Crippen LogP contribution in [0.1, 0.15) is 24.0 Å². The van der Waals surface area contributed by atoms with Crippen molar-refractivity contribution < 1.29 is 13.2 Å². The summed E-state index contributed by atoms with van der Waals surface area (Å²) in [6.45, 7) is 1.96. The molecule has 1 N–H and O–H groups in total. The predicted molar refractivity (Wildman–Crippen MR) is 75.3 cm³/mol. The van der Waals surface area contributed by atoms with Crippen molar-refractivity contribution >= 4 is 10.0 Å².